The van der Waals surface area contributed by atoms with Crippen molar-refractivity contribution < 1.29 is 22.7 Å². The van der Waals surface area contributed by atoms with E-state index in [-0.39, 0.29) is 18.8 Å². The van der Waals surface area contributed by atoms with Crippen molar-refractivity contribution in [1.82, 2.24) is 19.7 Å². The number of amides is 2. The van der Waals surface area contributed by atoms with E-state index < -0.39 is 35.6 Å². The minimum atomic E-state index is -0.711. The summed E-state index contributed by atoms with van der Waals surface area (Å²) in [6.07, 6.45) is 3.24. The molecule has 2 amide bonds. The number of aromatic nitrogens is 2. The molecule has 3 heterocycles. The van der Waals surface area contributed by atoms with Crippen LogP contribution in [-0.2, 0) is 7.05 Å². The molecule has 5 rings (SSSR count). The van der Waals surface area contributed by atoms with Gasteiger partial charge in [-0.3, -0.25) is 4.68 Å². The summed E-state index contributed by atoms with van der Waals surface area (Å²) in [7, 11) is 1.81. The second-order valence-electron chi connectivity index (χ2n) is 8.47. The van der Waals surface area contributed by atoms with Crippen molar-refractivity contribution in [2.24, 2.45) is 12.1 Å². The van der Waals surface area contributed by atoms with Gasteiger partial charge in [0.05, 0.1) is 31.0 Å². The molecular weight excluding hydrogens is 447 g/mol. The summed E-state index contributed by atoms with van der Waals surface area (Å²) < 4.78 is 49.3. The monoisotopic (exact) mass is 469 g/mol. The number of aryl methyl sites for hydroxylation is 2. The van der Waals surface area contributed by atoms with E-state index in [4.69, 9.17) is 4.74 Å². The summed E-state index contributed by atoms with van der Waals surface area (Å²) >= 11 is 0. The smallest absolute Gasteiger partial charge is 0.341 e. The first kappa shape index (κ1) is 22.0. The lowest BCUT2D eigenvalue weighted by atomic mass is 10.0. The number of rotatable bonds is 4. The van der Waals surface area contributed by atoms with Crippen LogP contribution in [-0.4, -0.2) is 51.1 Å². The Kier molecular flexibility index (Phi) is 5.51. The molecule has 10 heteroatoms. The molecule has 0 radical (unpaired) electrons. The molecule has 1 saturated heterocycles. The highest BCUT2D eigenvalue weighted by atomic mass is 19.1. The van der Waals surface area contributed by atoms with Crippen LogP contribution in [0.1, 0.15) is 23.6 Å². The van der Waals surface area contributed by atoms with Crippen molar-refractivity contribution >= 4 is 12.2 Å². The first-order chi connectivity index (χ1) is 16.3. The number of hydrogen-bond donors (Lipinski definition) is 0. The van der Waals surface area contributed by atoms with Crippen LogP contribution in [0.2, 0.25) is 0 Å². The maximum absolute atomic E-state index is 14.4. The van der Waals surface area contributed by atoms with Crippen LogP contribution in [0, 0.1) is 24.4 Å². The zero-order valence-corrected chi connectivity index (χ0v) is 18.6. The summed E-state index contributed by atoms with van der Waals surface area (Å²) in [6.45, 7) is 2.40. The third-order valence-electron chi connectivity index (χ3n) is 6.03. The highest BCUT2D eigenvalue weighted by molar-refractivity contribution is 5.79. The van der Waals surface area contributed by atoms with Gasteiger partial charge >= 0.3 is 6.03 Å². The lowest BCUT2D eigenvalue weighted by molar-refractivity contribution is 0.0257. The first-order valence-corrected chi connectivity index (χ1v) is 10.8. The fourth-order valence-electron chi connectivity index (χ4n) is 4.34. The lowest BCUT2D eigenvalue weighted by Crippen LogP contribution is -2.58. The number of halogens is 3. The molecule has 0 N–H and O–H groups in total. The fraction of sp³-hybridized carbons (Fsp3) is 0.292. The molecule has 7 nitrogen and oxygen atoms in total. The maximum atomic E-state index is 14.4. The second-order valence-corrected chi connectivity index (χ2v) is 8.47. The molecule has 0 spiro atoms. The van der Waals surface area contributed by atoms with Crippen molar-refractivity contribution in [2.45, 2.75) is 25.5 Å². The maximum Gasteiger partial charge on any atom is 0.341 e. The molecule has 0 aliphatic carbocycles. The zero-order chi connectivity index (χ0) is 24.0. The Morgan fingerprint density at radius 2 is 1.82 bits per heavy atom. The van der Waals surface area contributed by atoms with Crippen molar-refractivity contribution in [3.63, 3.8) is 0 Å². The highest BCUT2D eigenvalue weighted by Crippen LogP contribution is 2.33. The van der Waals surface area contributed by atoms with Crippen molar-refractivity contribution in [1.29, 1.82) is 0 Å². The van der Waals surface area contributed by atoms with Crippen LogP contribution in [0.5, 0.6) is 5.75 Å². The van der Waals surface area contributed by atoms with E-state index in [0.717, 1.165) is 22.9 Å². The topological polar surface area (TPSA) is 63.0 Å². The van der Waals surface area contributed by atoms with Gasteiger partial charge in [0.2, 0.25) is 0 Å². The number of carbonyl (C=O) groups excluding carboxylic acids is 1. The minimum Gasteiger partial charge on any atom is -0.484 e. The van der Waals surface area contributed by atoms with Crippen LogP contribution in [0.4, 0.5) is 18.0 Å². The fourth-order valence-corrected chi connectivity index (χ4v) is 4.34. The number of nitrogens with zero attached hydrogens (tertiary/aromatic N) is 5. The molecule has 1 fully saturated rings. The van der Waals surface area contributed by atoms with Gasteiger partial charge in [-0.05, 0) is 48.4 Å². The Morgan fingerprint density at radius 1 is 1.09 bits per heavy atom. The molecule has 1 atom stereocenters. The van der Waals surface area contributed by atoms with Crippen LogP contribution >= 0.6 is 0 Å². The molecule has 1 unspecified atom stereocenters. The molecule has 176 valence electrons. The Bertz CT molecular complexity index is 1250. The number of ether oxygens (including phenoxy) is 1. The standard InChI is InChI=1S/C24H22F3N5O2/c1-14-11-29-30(2)23(14)15-3-4-20(27)22(9-15)34-19-12-31(13-19)24(33)32-21(5-6-28-32)16-7-17(25)10-18(26)8-16/h3-4,6-11,19,21H,5,12-13H2,1-2H3. The minimum absolute atomic E-state index is 0.0995. The van der Waals surface area contributed by atoms with Gasteiger partial charge in [-0.2, -0.15) is 10.2 Å². The van der Waals surface area contributed by atoms with Gasteiger partial charge in [0.25, 0.3) is 0 Å². The van der Waals surface area contributed by atoms with Gasteiger partial charge in [0.15, 0.2) is 11.6 Å². The predicted molar refractivity (Wildman–Crippen MR) is 119 cm³/mol. The van der Waals surface area contributed by atoms with Gasteiger partial charge < -0.3 is 9.64 Å². The van der Waals surface area contributed by atoms with Gasteiger partial charge in [-0.25, -0.2) is 23.0 Å². The number of benzene rings is 2. The molecule has 2 aliphatic rings. The van der Waals surface area contributed by atoms with Gasteiger partial charge in [-0.1, -0.05) is 0 Å². The molecule has 0 bridgehead atoms. The highest BCUT2D eigenvalue weighted by Gasteiger charge is 2.39. The van der Waals surface area contributed by atoms with E-state index in [1.54, 1.807) is 29.2 Å². The Labute approximate surface area is 194 Å². The normalized spacial score (nSPS) is 17.9. The first-order valence-electron chi connectivity index (χ1n) is 10.8. The summed E-state index contributed by atoms with van der Waals surface area (Å²) in [5, 5.41) is 9.54. The molecule has 34 heavy (non-hydrogen) atoms. The van der Waals surface area contributed by atoms with Crippen molar-refractivity contribution in [3.8, 4) is 17.0 Å². The quantitative estimate of drug-likeness (QED) is 0.568. The summed E-state index contributed by atoms with van der Waals surface area (Å²) in [5.41, 5.74) is 2.93. The predicted octanol–water partition coefficient (Wildman–Crippen LogP) is 4.43. The van der Waals surface area contributed by atoms with Gasteiger partial charge in [-0.15, -0.1) is 0 Å². The van der Waals surface area contributed by atoms with Gasteiger partial charge in [0.1, 0.15) is 17.7 Å². The largest absolute Gasteiger partial charge is 0.484 e. The van der Waals surface area contributed by atoms with E-state index >= 15 is 0 Å². The average Bonchev–Trinajstić information content (AvgIpc) is 3.37. The number of likely N-dealkylation sites (tertiary alicyclic amines) is 1. The molecule has 2 aliphatic heterocycles. The third kappa shape index (κ3) is 4.00. The second kappa shape index (κ2) is 8.51. The van der Waals surface area contributed by atoms with E-state index in [1.807, 2.05) is 14.0 Å². The zero-order valence-electron chi connectivity index (χ0n) is 18.6. The summed E-state index contributed by atoms with van der Waals surface area (Å²) in [5.74, 6) is -1.82. The molecule has 3 aromatic rings. The lowest BCUT2D eigenvalue weighted by Gasteiger charge is -2.41. The Balaban J connectivity index is 1.25. The van der Waals surface area contributed by atoms with Crippen LogP contribution in [0.15, 0.2) is 47.7 Å². The summed E-state index contributed by atoms with van der Waals surface area (Å²) in [4.78, 5) is 14.4. The molecule has 0 saturated carbocycles. The van der Waals surface area contributed by atoms with Crippen LogP contribution in [0.3, 0.4) is 0 Å². The van der Waals surface area contributed by atoms with Gasteiger partial charge in [0, 0.05) is 31.3 Å². The molecule has 1 aromatic heterocycles. The SMILES string of the molecule is Cc1cnn(C)c1-c1ccc(F)c(OC2CN(C(=O)N3N=CCC3c3cc(F)cc(F)c3)C2)c1. The van der Waals surface area contributed by atoms with E-state index in [9.17, 15) is 18.0 Å². The number of hydrazone groups is 1. The van der Waals surface area contributed by atoms with Crippen molar-refractivity contribution in [3.05, 3.63) is 71.2 Å². The third-order valence-corrected chi connectivity index (χ3v) is 6.03. The van der Waals surface area contributed by atoms with Crippen molar-refractivity contribution in [2.75, 3.05) is 13.1 Å². The average molecular weight is 469 g/mol. The Morgan fingerprint density at radius 3 is 2.50 bits per heavy atom. The number of carbonyl (C=O) groups is 1. The number of urea groups is 1. The number of hydrogen-bond acceptors (Lipinski definition) is 4. The van der Waals surface area contributed by atoms with E-state index in [1.165, 1.54) is 28.1 Å². The van der Waals surface area contributed by atoms with Crippen LogP contribution < -0.4 is 4.74 Å². The molecular formula is C24H22F3N5O2. The molecule has 2 aromatic carbocycles. The van der Waals surface area contributed by atoms with E-state index in [0.29, 0.717) is 12.0 Å². The Hall–Kier alpha value is -3.82. The van der Waals surface area contributed by atoms with E-state index in [2.05, 4.69) is 10.2 Å². The van der Waals surface area contributed by atoms with Crippen LogP contribution in [0.25, 0.3) is 11.3 Å². The summed E-state index contributed by atoms with van der Waals surface area (Å²) in [6, 6.07) is 6.84.